The molecule has 0 aromatic rings. The van der Waals surface area contributed by atoms with Gasteiger partial charge in [-0.1, -0.05) is 13.8 Å². The zero-order chi connectivity index (χ0) is 15.6. The molecule has 0 saturated carbocycles. The van der Waals surface area contributed by atoms with Gasteiger partial charge in [0.1, 0.15) is 0 Å². The Hall–Kier alpha value is -1.15. The van der Waals surface area contributed by atoms with Gasteiger partial charge in [0.25, 0.3) is 0 Å². The zero-order valence-corrected chi connectivity index (χ0v) is 12.6. The van der Waals surface area contributed by atoms with Crippen molar-refractivity contribution in [1.82, 2.24) is 4.90 Å². The molecule has 1 atom stereocenters. The number of hydrogen-bond acceptors (Lipinski definition) is 5. The molecule has 1 fully saturated rings. The third kappa shape index (κ3) is 3.69. The second-order valence-electron chi connectivity index (χ2n) is 5.23. The molecule has 1 aliphatic heterocycles. The Kier molecular flexibility index (Phi) is 5.15. The normalized spacial score (nSPS) is 22.6. The number of nitrogens with zero attached hydrogens (tertiary/aromatic N) is 1. The molecular weight excluding hydrogens is 284 g/mol. The fourth-order valence-electron chi connectivity index (χ4n) is 2.36. The molecule has 20 heavy (non-hydrogen) atoms. The monoisotopic (exact) mass is 306 g/mol. The molecular formula is C12H22N2O5S. The third-order valence-electron chi connectivity index (χ3n) is 3.89. The van der Waals surface area contributed by atoms with Gasteiger partial charge in [-0.2, -0.15) is 0 Å². The van der Waals surface area contributed by atoms with Gasteiger partial charge in [0.2, 0.25) is 5.91 Å². The van der Waals surface area contributed by atoms with E-state index < -0.39 is 27.4 Å². The Morgan fingerprint density at radius 1 is 1.35 bits per heavy atom. The molecule has 3 N–H and O–H groups in total. The van der Waals surface area contributed by atoms with Crippen LogP contribution in [0.4, 0.5) is 0 Å². The number of sulfone groups is 1. The van der Waals surface area contributed by atoms with Crippen LogP contribution in [0.5, 0.6) is 0 Å². The Balaban J connectivity index is 3.01. The lowest BCUT2D eigenvalue weighted by Crippen LogP contribution is -2.61. The van der Waals surface area contributed by atoms with Crippen LogP contribution in [0.25, 0.3) is 0 Å². The van der Waals surface area contributed by atoms with Crippen LogP contribution in [-0.4, -0.2) is 59.9 Å². The lowest BCUT2D eigenvalue weighted by Gasteiger charge is -2.40. The van der Waals surface area contributed by atoms with E-state index >= 15 is 0 Å². The number of carboxylic acids is 1. The summed E-state index contributed by atoms with van der Waals surface area (Å²) in [6.07, 6.45) is 0.464. The van der Waals surface area contributed by atoms with Gasteiger partial charge >= 0.3 is 5.97 Å². The Morgan fingerprint density at radius 3 is 2.35 bits per heavy atom. The highest BCUT2D eigenvalue weighted by atomic mass is 32.2. The van der Waals surface area contributed by atoms with E-state index in [2.05, 4.69) is 0 Å². The summed E-state index contributed by atoms with van der Waals surface area (Å²) >= 11 is 0. The van der Waals surface area contributed by atoms with Gasteiger partial charge < -0.3 is 15.7 Å². The molecule has 1 unspecified atom stereocenters. The molecule has 1 rings (SSSR count). The second-order valence-corrected chi connectivity index (χ2v) is 7.46. The van der Waals surface area contributed by atoms with Gasteiger partial charge in [-0.25, -0.2) is 8.42 Å². The van der Waals surface area contributed by atoms with Crippen molar-refractivity contribution in [2.75, 3.05) is 18.1 Å². The molecule has 0 aromatic carbocycles. The van der Waals surface area contributed by atoms with Crippen LogP contribution in [0.2, 0.25) is 0 Å². The average molecular weight is 306 g/mol. The molecule has 7 nitrogen and oxygen atoms in total. The van der Waals surface area contributed by atoms with E-state index in [1.165, 1.54) is 4.90 Å². The predicted octanol–water partition coefficient (Wildman–Crippen LogP) is -0.396. The van der Waals surface area contributed by atoms with Crippen molar-refractivity contribution in [1.29, 1.82) is 0 Å². The quantitative estimate of drug-likeness (QED) is 0.714. The zero-order valence-electron chi connectivity index (χ0n) is 11.8. The standard InChI is InChI=1S/C12H22N2O5S/c1-3-12(13,4-2)11(17)14-5-6-20(18,19)8-9(14)7-10(15)16/h9H,3-8,13H2,1-2H3,(H,15,16). The number of carbonyl (C=O) groups excluding carboxylic acids is 1. The summed E-state index contributed by atoms with van der Waals surface area (Å²) in [6.45, 7) is 3.58. The minimum atomic E-state index is -3.30. The first-order chi connectivity index (χ1) is 9.15. The van der Waals surface area contributed by atoms with E-state index in [0.29, 0.717) is 12.8 Å². The largest absolute Gasteiger partial charge is 0.481 e. The molecule has 1 saturated heterocycles. The van der Waals surface area contributed by atoms with E-state index in [4.69, 9.17) is 10.8 Å². The van der Waals surface area contributed by atoms with Crippen LogP contribution >= 0.6 is 0 Å². The Labute approximate surface area is 119 Å². The molecule has 0 aliphatic carbocycles. The van der Waals surface area contributed by atoms with Crippen LogP contribution < -0.4 is 5.73 Å². The third-order valence-corrected chi connectivity index (χ3v) is 5.59. The summed E-state index contributed by atoms with van der Waals surface area (Å²) in [5.41, 5.74) is 4.99. The first kappa shape index (κ1) is 16.9. The minimum absolute atomic E-state index is 0.0120. The van der Waals surface area contributed by atoms with Gasteiger partial charge in [0.05, 0.1) is 29.5 Å². The number of nitrogens with two attached hydrogens (primary N) is 1. The first-order valence-corrected chi connectivity index (χ1v) is 8.49. The van der Waals surface area contributed by atoms with Crippen molar-refractivity contribution in [3.8, 4) is 0 Å². The fourth-order valence-corrected chi connectivity index (χ4v) is 3.89. The maximum Gasteiger partial charge on any atom is 0.305 e. The highest BCUT2D eigenvalue weighted by Crippen LogP contribution is 2.22. The molecule has 0 aromatic heterocycles. The molecule has 1 aliphatic rings. The Morgan fingerprint density at radius 2 is 1.90 bits per heavy atom. The molecule has 1 amide bonds. The highest BCUT2D eigenvalue weighted by Gasteiger charge is 2.41. The molecule has 1 heterocycles. The van der Waals surface area contributed by atoms with E-state index in [-0.39, 0.29) is 30.4 Å². The maximum absolute atomic E-state index is 12.5. The number of rotatable bonds is 5. The SMILES string of the molecule is CCC(N)(CC)C(=O)N1CCS(=O)(=O)CC1CC(=O)O. The Bertz CT molecular complexity index is 484. The highest BCUT2D eigenvalue weighted by molar-refractivity contribution is 7.91. The number of aliphatic carboxylic acids is 1. The van der Waals surface area contributed by atoms with Gasteiger partial charge in [-0.3, -0.25) is 9.59 Å². The molecule has 0 radical (unpaired) electrons. The molecule has 0 spiro atoms. The van der Waals surface area contributed by atoms with E-state index in [1.807, 2.05) is 0 Å². The molecule has 116 valence electrons. The van der Waals surface area contributed by atoms with Crippen molar-refractivity contribution in [2.24, 2.45) is 5.73 Å². The maximum atomic E-state index is 12.5. The van der Waals surface area contributed by atoms with Crippen molar-refractivity contribution >= 4 is 21.7 Å². The van der Waals surface area contributed by atoms with Crippen molar-refractivity contribution in [2.45, 2.75) is 44.7 Å². The predicted molar refractivity (Wildman–Crippen MR) is 73.9 cm³/mol. The smallest absolute Gasteiger partial charge is 0.305 e. The van der Waals surface area contributed by atoms with Gasteiger partial charge in [0, 0.05) is 6.54 Å². The van der Waals surface area contributed by atoms with Crippen LogP contribution in [0.3, 0.4) is 0 Å². The van der Waals surface area contributed by atoms with Crippen molar-refractivity contribution in [3.63, 3.8) is 0 Å². The summed E-state index contributed by atoms with van der Waals surface area (Å²) in [5.74, 6) is -1.93. The summed E-state index contributed by atoms with van der Waals surface area (Å²) < 4.78 is 23.3. The van der Waals surface area contributed by atoms with Crippen molar-refractivity contribution in [3.05, 3.63) is 0 Å². The lowest BCUT2D eigenvalue weighted by molar-refractivity contribution is -0.143. The van der Waals surface area contributed by atoms with Crippen LogP contribution in [-0.2, 0) is 19.4 Å². The van der Waals surface area contributed by atoms with E-state index in [0.717, 1.165) is 0 Å². The van der Waals surface area contributed by atoms with Crippen LogP contribution in [0.1, 0.15) is 33.1 Å². The minimum Gasteiger partial charge on any atom is -0.481 e. The lowest BCUT2D eigenvalue weighted by atomic mass is 9.91. The van der Waals surface area contributed by atoms with E-state index in [9.17, 15) is 18.0 Å². The summed E-state index contributed by atoms with van der Waals surface area (Å²) in [5, 5.41) is 8.89. The summed E-state index contributed by atoms with van der Waals surface area (Å²) in [4.78, 5) is 24.7. The molecule has 0 bridgehead atoms. The second kappa shape index (κ2) is 6.09. The van der Waals surface area contributed by atoms with E-state index in [1.54, 1.807) is 13.8 Å². The van der Waals surface area contributed by atoms with Gasteiger partial charge in [0.15, 0.2) is 9.84 Å². The number of carboxylic acid groups (broad SMARTS) is 1. The first-order valence-electron chi connectivity index (χ1n) is 6.67. The van der Waals surface area contributed by atoms with Crippen LogP contribution in [0, 0.1) is 0 Å². The number of hydrogen-bond donors (Lipinski definition) is 2. The number of amides is 1. The topological polar surface area (TPSA) is 118 Å². The summed E-state index contributed by atoms with van der Waals surface area (Å²) in [6, 6.07) is -0.834. The van der Waals surface area contributed by atoms with Gasteiger partial charge in [-0.05, 0) is 12.8 Å². The van der Waals surface area contributed by atoms with Crippen LogP contribution in [0.15, 0.2) is 0 Å². The number of carbonyl (C=O) groups is 2. The average Bonchev–Trinajstić information content (AvgIpc) is 2.35. The van der Waals surface area contributed by atoms with Gasteiger partial charge in [-0.15, -0.1) is 0 Å². The fraction of sp³-hybridized carbons (Fsp3) is 0.833. The summed E-state index contributed by atoms with van der Waals surface area (Å²) in [7, 11) is -3.30. The van der Waals surface area contributed by atoms with Crippen molar-refractivity contribution < 1.29 is 23.1 Å². The molecule has 8 heteroatoms.